The Balaban J connectivity index is 1.55. The van der Waals surface area contributed by atoms with Gasteiger partial charge in [0.2, 0.25) is 0 Å². The molecular weight excluding hydrogens is 474 g/mol. The third-order valence-corrected chi connectivity index (χ3v) is 8.12. The van der Waals surface area contributed by atoms with Crippen molar-refractivity contribution >= 4 is 53.7 Å². The van der Waals surface area contributed by atoms with Crippen molar-refractivity contribution in [1.82, 2.24) is 0 Å². The summed E-state index contributed by atoms with van der Waals surface area (Å²) < 4.78 is 2.44. The van der Waals surface area contributed by atoms with Gasteiger partial charge in [0.1, 0.15) is 5.00 Å². The number of hydrogen-bond acceptors (Lipinski definition) is 2. The number of nitrogens with zero attached hydrogens (tertiary/aromatic N) is 1. The lowest BCUT2D eigenvalue weighted by Gasteiger charge is -2.27. The smallest absolute Gasteiger partial charge is 0.101 e. The van der Waals surface area contributed by atoms with E-state index in [-0.39, 0.29) is 5.41 Å². The topological polar surface area (TPSA) is 3.24 Å². The predicted octanol–water partition coefficient (Wildman–Crippen LogP) is 9.44. The molecule has 0 radical (unpaired) electrons. The van der Waals surface area contributed by atoms with Gasteiger partial charge in [0.15, 0.2) is 0 Å². The zero-order valence-electron chi connectivity index (χ0n) is 18.0. The van der Waals surface area contributed by atoms with Crippen LogP contribution in [0.25, 0.3) is 21.2 Å². The summed E-state index contributed by atoms with van der Waals surface area (Å²) in [6, 6.07) is 35.2. The zero-order valence-corrected chi connectivity index (χ0v) is 20.4. The van der Waals surface area contributed by atoms with Crippen LogP contribution in [-0.2, 0) is 5.41 Å². The molecule has 1 aliphatic carbocycles. The van der Waals surface area contributed by atoms with Crippen LogP contribution in [0.5, 0.6) is 0 Å². The molecule has 1 nitrogen and oxygen atoms in total. The average molecular weight is 496 g/mol. The number of hydrogen-bond donors (Lipinski definition) is 0. The van der Waals surface area contributed by atoms with Crippen molar-refractivity contribution in [3.63, 3.8) is 0 Å². The number of anilines is 3. The lowest BCUT2D eigenvalue weighted by Crippen LogP contribution is -2.16. The third kappa shape index (κ3) is 3.03. The Bertz CT molecular complexity index is 1430. The third-order valence-electron chi connectivity index (χ3n) is 6.53. The molecule has 0 unspecified atom stereocenters. The molecule has 32 heavy (non-hydrogen) atoms. The van der Waals surface area contributed by atoms with Gasteiger partial charge < -0.3 is 4.90 Å². The minimum atomic E-state index is -0.0486. The first-order valence-electron chi connectivity index (χ1n) is 10.8. The molecule has 1 aliphatic rings. The van der Waals surface area contributed by atoms with E-state index in [1.807, 2.05) is 11.3 Å². The van der Waals surface area contributed by atoms with E-state index in [0.29, 0.717) is 0 Å². The maximum atomic E-state index is 3.67. The Morgan fingerprint density at radius 2 is 1.38 bits per heavy atom. The number of rotatable bonds is 3. The van der Waals surface area contributed by atoms with E-state index in [4.69, 9.17) is 0 Å². The Labute approximate surface area is 201 Å². The number of halogens is 1. The summed E-state index contributed by atoms with van der Waals surface area (Å²) in [5.74, 6) is 0. The summed E-state index contributed by atoms with van der Waals surface area (Å²) in [6.45, 7) is 4.67. The van der Waals surface area contributed by atoms with Crippen molar-refractivity contribution in [3.05, 3.63) is 113 Å². The molecule has 3 heteroatoms. The standard InChI is InChI=1S/C29H22BrNS/c1-29(2)25-17-20(30)12-14-23(25)24-15-13-22(18-26(24)29)31(21-9-4-3-5-10-21)28-16-19-8-6-7-11-27(19)32-28/h3-18H,1-2H3. The fourth-order valence-electron chi connectivity index (χ4n) is 4.90. The SMILES string of the molecule is CC1(C)c2cc(Br)ccc2-c2ccc(N(c3ccccc3)c3cc4ccccc4s3)cc21. The molecule has 0 atom stereocenters. The fourth-order valence-corrected chi connectivity index (χ4v) is 6.36. The quantitative estimate of drug-likeness (QED) is 0.240. The van der Waals surface area contributed by atoms with Crippen LogP contribution in [0.2, 0.25) is 0 Å². The van der Waals surface area contributed by atoms with Crippen molar-refractivity contribution in [2.75, 3.05) is 4.90 Å². The molecule has 0 spiro atoms. The monoisotopic (exact) mass is 495 g/mol. The summed E-state index contributed by atoms with van der Waals surface area (Å²) in [5, 5.41) is 2.51. The van der Waals surface area contributed by atoms with Crippen LogP contribution in [0.1, 0.15) is 25.0 Å². The Morgan fingerprint density at radius 1 is 0.688 bits per heavy atom. The van der Waals surface area contributed by atoms with Gasteiger partial charge in [-0.05, 0) is 76.2 Å². The fraction of sp³-hybridized carbons (Fsp3) is 0.103. The first-order valence-corrected chi connectivity index (χ1v) is 12.4. The highest BCUT2D eigenvalue weighted by atomic mass is 79.9. The molecule has 1 heterocycles. The normalized spacial score (nSPS) is 13.7. The van der Waals surface area contributed by atoms with Gasteiger partial charge in [0, 0.05) is 26.0 Å². The molecule has 0 saturated heterocycles. The average Bonchev–Trinajstić information content (AvgIpc) is 3.32. The molecule has 5 aromatic rings. The van der Waals surface area contributed by atoms with Gasteiger partial charge in [-0.15, -0.1) is 11.3 Å². The molecule has 1 aromatic heterocycles. The second kappa shape index (κ2) is 7.33. The second-order valence-corrected chi connectivity index (χ2v) is 10.8. The number of thiophene rings is 1. The largest absolute Gasteiger partial charge is 0.302 e. The van der Waals surface area contributed by atoms with Crippen LogP contribution >= 0.6 is 27.3 Å². The first-order chi connectivity index (χ1) is 15.5. The van der Waals surface area contributed by atoms with Crippen LogP contribution in [0.15, 0.2) is 102 Å². The van der Waals surface area contributed by atoms with Gasteiger partial charge >= 0.3 is 0 Å². The highest BCUT2D eigenvalue weighted by molar-refractivity contribution is 9.10. The van der Waals surface area contributed by atoms with E-state index in [1.54, 1.807) is 0 Å². The molecule has 6 rings (SSSR count). The summed E-state index contributed by atoms with van der Waals surface area (Å²) in [4.78, 5) is 2.39. The Hall–Kier alpha value is -2.88. The Kier molecular flexibility index (Phi) is 4.53. The lowest BCUT2D eigenvalue weighted by atomic mass is 9.82. The molecular formula is C29H22BrNS. The molecule has 0 saturated carbocycles. The number of para-hydroxylation sites is 1. The van der Waals surface area contributed by atoms with Crippen molar-refractivity contribution in [2.24, 2.45) is 0 Å². The molecule has 4 aromatic carbocycles. The van der Waals surface area contributed by atoms with E-state index in [1.165, 1.54) is 48.7 Å². The summed E-state index contributed by atoms with van der Waals surface area (Å²) in [7, 11) is 0. The maximum Gasteiger partial charge on any atom is 0.101 e. The Morgan fingerprint density at radius 3 is 2.16 bits per heavy atom. The van der Waals surface area contributed by atoms with E-state index in [9.17, 15) is 0 Å². The van der Waals surface area contributed by atoms with Crippen LogP contribution in [0.3, 0.4) is 0 Å². The minimum Gasteiger partial charge on any atom is -0.302 e. The maximum absolute atomic E-state index is 3.67. The van der Waals surface area contributed by atoms with E-state index in [0.717, 1.165) is 4.47 Å². The van der Waals surface area contributed by atoms with Crippen molar-refractivity contribution in [1.29, 1.82) is 0 Å². The van der Waals surface area contributed by atoms with Gasteiger partial charge in [0.25, 0.3) is 0 Å². The van der Waals surface area contributed by atoms with E-state index >= 15 is 0 Å². The highest BCUT2D eigenvalue weighted by Crippen LogP contribution is 2.51. The molecule has 0 aliphatic heterocycles. The second-order valence-electron chi connectivity index (χ2n) is 8.84. The van der Waals surface area contributed by atoms with E-state index in [2.05, 4.69) is 132 Å². The molecule has 0 bridgehead atoms. The molecule has 0 N–H and O–H groups in total. The number of benzene rings is 4. The van der Waals surface area contributed by atoms with Crippen molar-refractivity contribution < 1.29 is 0 Å². The predicted molar refractivity (Wildman–Crippen MR) is 142 cm³/mol. The van der Waals surface area contributed by atoms with Crippen molar-refractivity contribution in [3.8, 4) is 11.1 Å². The summed E-state index contributed by atoms with van der Waals surface area (Å²) >= 11 is 5.51. The highest BCUT2D eigenvalue weighted by Gasteiger charge is 2.36. The van der Waals surface area contributed by atoms with Crippen LogP contribution < -0.4 is 4.90 Å². The molecule has 156 valence electrons. The van der Waals surface area contributed by atoms with Gasteiger partial charge in [-0.3, -0.25) is 0 Å². The molecule has 0 fully saturated rings. The van der Waals surface area contributed by atoms with Gasteiger partial charge in [0.05, 0.1) is 0 Å². The first kappa shape index (κ1) is 19.8. The number of fused-ring (bicyclic) bond motifs is 4. The zero-order chi connectivity index (χ0) is 21.9. The minimum absolute atomic E-state index is 0.0486. The summed E-state index contributed by atoms with van der Waals surface area (Å²) in [5.41, 5.74) is 7.76. The van der Waals surface area contributed by atoms with Gasteiger partial charge in [-0.1, -0.05) is 78.3 Å². The molecule has 0 amide bonds. The summed E-state index contributed by atoms with van der Waals surface area (Å²) in [6.07, 6.45) is 0. The van der Waals surface area contributed by atoms with E-state index < -0.39 is 0 Å². The van der Waals surface area contributed by atoms with Gasteiger partial charge in [-0.2, -0.15) is 0 Å². The van der Waals surface area contributed by atoms with Crippen LogP contribution in [0.4, 0.5) is 16.4 Å². The van der Waals surface area contributed by atoms with Crippen LogP contribution in [-0.4, -0.2) is 0 Å². The van der Waals surface area contributed by atoms with Gasteiger partial charge in [-0.25, -0.2) is 0 Å². The van der Waals surface area contributed by atoms with Crippen molar-refractivity contribution in [2.45, 2.75) is 19.3 Å². The van der Waals surface area contributed by atoms with Crippen LogP contribution in [0, 0.1) is 0 Å². The lowest BCUT2D eigenvalue weighted by molar-refractivity contribution is 0.660.